The van der Waals surface area contributed by atoms with E-state index in [0.29, 0.717) is 17.5 Å². The molecule has 5 N–H and O–H groups in total. The first-order valence-corrected chi connectivity index (χ1v) is 32.7. The van der Waals surface area contributed by atoms with Crippen molar-refractivity contribution >= 4 is 113 Å². The minimum Gasteiger partial charge on any atom is -0.457 e. The number of para-hydroxylation sites is 1. The second-order valence-electron chi connectivity index (χ2n) is 21.0. The first kappa shape index (κ1) is 59.9. The zero-order chi connectivity index (χ0) is 63.6. The number of amides is 4. The minimum atomic E-state index is -4.78. The summed E-state index contributed by atoms with van der Waals surface area (Å²) in [4.78, 5) is 62.0. The molecule has 89 heavy (non-hydrogen) atoms. The lowest BCUT2D eigenvalue weighted by molar-refractivity contribution is 0.0600. The van der Waals surface area contributed by atoms with Gasteiger partial charge in [-0.2, -0.15) is 33.7 Å². The van der Waals surface area contributed by atoms with Crippen molar-refractivity contribution in [1.29, 1.82) is 0 Å². The summed E-state index contributed by atoms with van der Waals surface area (Å²) in [7, 11) is -19.1. The average Bonchev–Trinajstić information content (AvgIpc) is 0.675. The van der Waals surface area contributed by atoms with Gasteiger partial charge >= 0.3 is 0 Å². The van der Waals surface area contributed by atoms with Crippen LogP contribution >= 0.6 is 0 Å². The lowest BCUT2D eigenvalue weighted by Crippen LogP contribution is -2.42. The summed E-state index contributed by atoms with van der Waals surface area (Å²) >= 11 is 0. The van der Waals surface area contributed by atoms with E-state index in [0.717, 1.165) is 58.3 Å². The molecule has 4 amide bonds. The number of aliphatic hydroxyl groups is 1. The van der Waals surface area contributed by atoms with E-state index in [4.69, 9.17) is 18.9 Å². The van der Waals surface area contributed by atoms with Gasteiger partial charge in [0.05, 0.1) is 47.5 Å². The zero-order valence-electron chi connectivity index (χ0n) is 46.5. The number of ether oxygens (including phenoxy) is 4. The number of carbonyl (C=O) groups excluding carboxylic acids is 4. The van der Waals surface area contributed by atoms with Gasteiger partial charge in [-0.05, 0) is 151 Å². The van der Waals surface area contributed by atoms with Crippen LogP contribution in [0.2, 0.25) is 0 Å². The molecule has 27 heteroatoms. The fraction of sp³-hybridized carbons (Fsp3) is 0.129. The number of nitrogens with zero attached hydrogens (tertiary/aromatic N) is 2. The van der Waals surface area contributed by atoms with E-state index in [2.05, 4.69) is 0 Å². The Morgan fingerprint density at radius 3 is 0.989 bits per heavy atom. The van der Waals surface area contributed by atoms with Gasteiger partial charge in [0, 0.05) is 56.2 Å². The van der Waals surface area contributed by atoms with E-state index in [1.54, 1.807) is 18.2 Å². The predicted octanol–water partition coefficient (Wildman–Crippen LogP) is 11.4. The molecule has 0 fully saturated rings. The molecule has 0 atom stereocenters. The van der Waals surface area contributed by atoms with E-state index in [1.165, 1.54) is 72.8 Å². The van der Waals surface area contributed by atoms with Crippen molar-refractivity contribution < 1.29 is 95.1 Å². The monoisotopic (exact) mass is 1280 g/mol. The first-order valence-electron chi connectivity index (χ1n) is 26.9. The molecule has 12 rings (SSSR count). The minimum absolute atomic E-state index is 0.0576. The van der Waals surface area contributed by atoms with Gasteiger partial charge in [0.1, 0.15) is 46.0 Å². The quantitative estimate of drug-likeness (QED) is 0.0230. The number of benzene rings is 10. The van der Waals surface area contributed by atoms with Crippen molar-refractivity contribution in [2.75, 3.05) is 18.1 Å². The Morgan fingerprint density at radius 2 is 0.719 bits per heavy atom. The normalized spacial score (nSPS) is 13.9. The van der Waals surface area contributed by atoms with Gasteiger partial charge in [-0.3, -0.25) is 42.3 Å². The summed E-state index contributed by atoms with van der Waals surface area (Å²) in [5, 5.41) is 9.41. The highest BCUT2D eigenvalue weighted by Crippen LogP contribution is 2.58. The van der Waals surface area contributed by atoms with Gasteiger partial charge in [0.2, 0.25) is 0 Å². The maximum Gasteiger partial charge on any atom is 0.294 e. The fourth-order valence-electron chi connectivity index (χ4n) is 11.4. The summed E-state index contributed by atoms with van der Waals surface area (Å²) in [5.41, 5.74) is 0.703. The van der Waals surface area contributed by atoms with Crippen molar-refractivity contribution in [1.82, 2.24) is 4.90 Å². The molecule has 0 unspecified atom stereocenters. The molecule has 2 heterocycles. The first-order chi connectivity index (χ1) is 42.1. The molecule has 0 aliphatic carbocycles. The van der Waals surface area contributed by atoms with Crippen LogP contribution in [0, 0.1) is 0 Å². The van der Waals surface area contributed by atoms with Gasteiger partial charge in [0.25, 0.3) is 64.1 Å². The van der Waals surface area contributed by atoms with E-state index in [9.17, 15) is 57.0 Å². The van der Waals surface area contributed by atoms with Crippen LogP contribution < -0.4 is 23.8 Å². The maximum absolute atomic E-state index is 16.0. The summed E-state index contributed by atoms with van der Waals surface area (Å²) < 4.78 is 166. The second kappa shape index (κ2) is 21.7. The zero-order valence-corrected chi connectivity index (χ0v) is 49.7. The third-order valence-corrected chi connectivity index (χ3v) is 18.8. The van der Waals surface area contributed by atoms with Gasteiger partial charge in [-0.25, -0.2) is 4.90 Å². The molecule has 0 aromatic heterocycles. The van der Waals surface area contributed by atoms with Crippen LogP contribution in [0.4, 0.5) is 5.69 Å². The molecule has 0 saturated carbocycles. The summed E-state index contributed by atoms with van der Waals surface area (Å²) in [6, 6.07) is 28.2. The molecule has 2 aliphatic rings. The summed E-state index contributed by atoms with van der Waals surface area (Å²) in [6.07, 6.45) is 0.251. The van der Waals surface area contributed by atoms with E-state index < -0.39 is 90.3 Å². The number of hydrogen-bond donors (Lipinski definition) is 5. The topological polar surface area (TPSA) is 349 Å². The smallest absolute Gasteiger partial charge is 0.294 e. The standard InChI is InChI=1S/C62H46N2O21S4/c1-4-32-7-5-8-41(31(2)3)58(32)64-61(68)44-29-48(84-35-13-21-39(22-14-35)88(76,77)78)54-52-46(82-33-9-17-37(18-10-33)86(70,71)72)27-42-50-43(60(67)63(59(42)66)25-6-26-65)28-47(83-34-11-19-38(20-12-34)87(73,74)75)53(56(50)52)55-49(30-45(62(64)69)51(44)57(54)55)85-36-15-23-40(24-16-36)89(79,80)81/h5,7-24,27-31,65H,4,6,25-26H2,1-3H3,(H,70,71,72)(H,73,74,75)(H,76,77,78)(H,79,80,81). The van der Waals surface area contributed by atoms with Gasteiger partial charge in [-0.15, -0.1) is 0 Å². The fourth-order valence-corrected chi connectivity index (χ4v) is 13.3. The van der Waals surface area contributed by atoms with Crippen molar-refractivity contribution in [3.8, 4) is 46.0 Å². The highest BCUT2D eigenvalue weighted by molar-refractivity contribution is 7.86. The summed E-state index contributed by atoms with van der Waals surface area (Å²) in [6.45, 7) is 4.81. The molecule has 0 bridgehead atoms. The number of aryl methyl sites for hydroxylation is 1. The van der Waals surface area contributed by atoms with Crippen molar-refractivity contribution in [2.24, 2.45) is 0 Å². The number of imide groups is 2. The predicted molar refractivity (Wildman–Crippen MR) is 321 cm³/mol. The molecule has 10 aromatic carbocycles. The van der Waals surface area contributed by atoms with Crippen LogP contribution in [-0.4, -0.2) is 98.7 Å². The van der Waals surface area contributed by atoms with Gasteiger partial charge in [0.15, 0.2) is 0 Å². The molecule has 0 saturated heterocycles. The van der Waals surface area contributed by atoms with E-state index in [-0.39, 0.29) is 136 Å². The average molecular weight is 1280 g/mol. The Kier molecular flexibility index (Phi) is 14.6. The largest absolute Gasteiger partial charge is 0.457 e. The number of hydrogen-bond acceptors (Lipinski definition) is 17. The molecular weight excluding hydrogens is 1240 g/mol. The molecule has 10 aromatic rings. The third kappa shape index (κ3) is 10.4. The van der Waals surface area contributed by atoms with Crippen molar-refractivity contribution in [2.45, 2.75) is 59.1 Å². The maximum atomic E-state index is 16.0. The van der Waals surface area contributed by atoms with E-state index in [1.807, 2.05) is 20.8 Å². The van der Waals surface area contributed by atoms with Crippen LogP contribution in [-0.2, 0) is 46.9 Å². The van der Waals surface area contributed by atoms with Crippen LogP contribution in [0.1, 0.15) is 85.7 Å². The second-order valence-corrected chi connectivity index (χ2v) is 26.7. The Balaban J connectivity index is 1.32. The molecule has 23 nitrogen and oxygen atoms in total. The van der Waals surface area contributed by atoms with Gasteiger partial charge in [-0.1, -0.05) is 39.0 Å². The van der Waals surface area contributed by atoms with Crippen molar-refractivity contribution in [3.63, 3.8) is 0 Å². The highest BCUT2D eigenvalue weighted by Gasteiger charge is 2.43. The molecule has 2 aliphatic heterocycles. The number of anilines is 1. The third-order valence-electron chi connectivity index (χ3n) is 15.3. The summed E-state index contributed by atoms with van der Waals surface area (Å²) in [5.74, 6) is -5.38. The highest BCUT2D eigenvalue weighted by atomic mass is 32.2. The Labute approximate surface area is 506 Å². The molecular formula is C62H46N2O21S4. The number of fused-ring (bicyclic) bond motifs is 2. The van der Waals surface area contributed by atoms with Crippen LogP contribution in [0.3, 0.4) is 0 Å². The van der Waals surface area contributed by atoms with Crippen LogP contribution in [0.25, 0.3) is 43.1 Å². The molecule has 0 spiro atoms. The van der Waals surface area contributed by atoms with Crippen LogP contribution in [0.15, 0.2) is 159 Å². The lowest BCUT2D eigenvalue weighted by atomic mass is 9.80. The molecule has 0 radical (unpaired) electrons. The Hall–Kier alpha value is -9.42. The Bertz CT molecular complexity index is 4910. The number of carbonyl (C=O) groups is 4. The van der Waals surface area contributed by atoms with E-state index >= 15 is 19.2 Å². The Morgan fingerprint density at radius 1 is 0.416 bits per heavy atom. The number of aliphatic hydroxyl groups excluding tert-OH is 1. The number of rotatable bonds is 18. The van der Waals surface area contributed by atoms with Gasteiger partial charge < -0.3 is 24.1 Å². The van der Waals surface area contributed by atoms with Crippen molar-refractivity contribution in [3.05, 3.63) is 173 Å². The van der Waals surface area contributed by atoms with Crippen LogP contribution in [0.5, 0.6) is 46.0 Å². The lowest BCUT2D eigenvalue weighted by Gasteiger charge is -2.34. The molecule has 454 valence electrons. The SMILES string of the molecule is CCc1cccc(C(C)C)c1N1C(=O)c2cc(Oc3ccc(S(=O)(=O)O)cc3)c3c4c(Oc5ccc(S(=O)(=O)O)cc5)cc5c6c(cc(Oc7ccc(S(=O)(=O)O)cc7)c(c7c(Oc8ccc(S(=O)(=O)O)cc8)cc(c2c37)C1=O)c64)C(=O)N(CCCO)C5=O.